The van der Waals surface area contributed by atoms with Crippen molar-refractivity contribution in [3.63, 3.8) is 0 Å². The molecule has 0 spiro atoms. The van der Waals surface area contributed by atoms with Gasteiger partial charge in [0.25, 0.3) is 0 Å². The molecule has 94 valence electrons. The summed E-state index contributed by atoms with van der Waals surface area (Å²) in [6.45, 7) is 0. The molecule has 0 saturated heterocycles. The molecule has 4 nitrogen and oxygen atoms in total. The van der Waals surface area contributed by atoms with Gasteiger partial charge in [-0.3, -0.25) is 4.79 Å². The second-order valence-electron chi connectivity index (χ2n) is 3.47. The van der Waals surface area contributed by atoms with E-state index in [2.05, 4.69) is 15.9 Å². The van der Waals surface area contributed by atoms with Gasteiger partial charge >= 0.3 is 0 Å². The van der Waals surface area contributed by atoms with Gasteiger partial charge in [-0.1, -0.05) is 0 Å². The Morgan fingerprint density at radius 3 is 2.56 bits per heavy atom. The van der Waals surface area contributed by atoms with Crippen LogP contribution in [0, 0.1) is 0 Å². The van der Waals surface area contributed by atoms with E-state index >= 15 is 0 Å². The Labute approximate surface area is 113 Å². The number of benzene rings is 1. The summed E-state index contributed by atoms with van der Waals surface area (Å²) in [5.41, 5.74) is 0.417. The highest BCUT2D eigenvalue weighted by molar-refractivity contribution is 9.10. The summed E-state index contributed by atoms with van der Waals surface area (Å²) >= 11 is 3.35. The van der Waals surface area contributed by atoms with Crippen LogP contribution < -0.4 is 9.47 Å². The van der Waals surface area contributed by atoms with E-state index < -0.39 is 0 Å². The fourth-order valence-corrected chi connectivity index (χ4v) is 2.28. The Balaban J connectivity index is 2.52. The summed E-state index contributed by atoms with van der Waals surface area (Å²) in [6, 6.07) is 6.62. The molecule has 0 aliphatic carbocycles. The number of hydrogen-bond donors (Lipinski definition) is 0. The molecule has 0 bridgehead atoms. The molecule has 0 saturated carbocycles. The largest absolute Gasteiger partial charge is 0.495 e. The highest BCUT2D eigenvalue weighted by Gasteiger charge is 2.20. The topological polar surface area (TPSA) is 48.7 Å². The van der Waals surface area contributed by atoms with Crippen molar-refractivity contribution in [2.75, 3.05) is 14.2 Å². The molecule has 1 aromatic heterocycles. The third-order valence-electron chi connectivity index (χ3n) is 2.48. The minimum Gasteiger partial charge on any atom is -0.495 e. The maximum absolute atomic E-state index is 12.2. The van der Waals surface area contributed by atoms with Crippen LogP contribution in [-0.4, -0.2) is 20.0 Å². The molecule has 18 heavy (non-hydrogen) atoms. The van der Waals surface area contributed by atoms with Crippen LogP contribution in [0.5, 0.6) is 11.5 Å². The minimum absolute atomic E-state index is 0.236. The van der Waals surface area contributed by atoms with Gasteiger partial charge in [0.15, 0.2) is 5.76 Å². The van der Waals surface area contributed by atoms with Crippen LogP contribution >= 0.6 is 15.9 Å². The van der Waals surface area contributed by atoms with Crippen LogP contribution in [0.15, 0.2) is 39.4 Å². The summed E-state index contributed by atoms with van der Waals surface area (Å²) in [7, 11) is 3.05. The van der Waals surface area contributed by atoms with E-state index in [1.165, 1.54) is 13.4 Å². The van der Waals surface area contributed by atoms with Gasteiger partial charge in [-0.05, 0) is 40.2 Å². The lowest BCUT2D eigenvalue weighted by molar-refractivity contribution is 0.101. The lowest BCUT2D eigenvalue weighted by atomic mass is 10.1. The van der Waals surface area contributed by atoms with Crippen LogP contribution in [0.25, 0.3) is 0 Å². The van der Waals surface area contributed by atoms with Crippen LogP contribution in [-0.2, 0) is 0 Å². The summed E-state index contributed by atoms with van der Waals surface area (Å²) in [6.07, 6.45) is 1.46. The van der Waals surface area contributed by atoms with E-state index in [-0.39, 0.29) is 11.5 Å². The van der Waals surface area contributed by atoms with Gasteiger partial charge in [0, 0.05) is 0 Å². The molecular formula is C13H11BrO4. The lowest BCUT2D eigenvalue weighted by Gasteiger charge is -2.11. The van der Waals surface area contributed by atoms with Crippen molar-refractivity contribution in [2.24, 2.45) is 0 Å². The monoisotopic (exact) mass is 310 g/mol. The first kappa shape index (κ1) is 12.7. The van der Waals surface area contributed by atoms with Crippen LogP contribution in [0.4, 0.5) is 0 Å². The molecule has 0 radical (unpaired) electrons. The Kier molecular flexibility index (Phi) is 3.72. The zero-order valence-electron chi connectivity index (χ0n) is 9.90. The van der Waals surface area contributed by atoms with E-state index in [9.17, 15) is 4.79 Å². The maximum Gasteiger partial charge on any atom is 0.231 e. The van der Waals surface area contributed by atoms with E-state index in [4.69, 9.17) is 13.9 Å². The molecule has 0 amide bonds. The number of carbonyl (C=O) groups is 1. The van der Waals surface area contributed by atoms with Crippen LogP contribution in [0.3, 0.4) is 0 Å². The molecule has 0 unspecified atom stereocenters. The summed E-state index contributed by atoms with van der Waals surface area (Å²) in [4.78, 5) is 12.2. The number of carbonyl (C=O) groups excluding carboxylic acids is 1. The smallest absolute Gasteiger partial charge is 0.231 e. The highest BCUT2D eigenvalue weighted by Crippen LogP contribution is 2.37. The second-order valence-corrected chi connectivity index (χ2v) is 4.26. The average molecular weight is 311 g/mol. The van der Waals surface area contributed by atoms with Gasteiger partial charge in [0.2, 0.25) is 5.78 Å². The fraction of sp³-hybridized carbons (Fsp3) is 0.154. The first-order valence-electron chi connectivity index (χ1n) is 5.17. The van der Waals surface area contributed by atoms with Crippen molar-refractivity contribution in [3.05, 3.63) is 46.3 Å². The van der Waals surface area contributed by atoms with Crippen molar-refractivity contribution in [2.45, 2.75) is 0 Å². The Hall–Kier alpha value is -1.75. The van der Waals surface area contributed by atoms with Gasteiger partial charge in [0.1, 0.15) is 16.0 Å². The SMILES string of the molecule is COc1ccc(C(=O)c2ccco2)c(OC)c1Br. The quantitative estimate of drug-likeness (QED) is 0.813. The predicted octanol–water partition coefficient (Wildman–Crippen LogP) is 3.29. The van der Waals surface area contributed by atoms with Gasteiger partial charge < -0.3 is 13.9 Å². The average Bonchev–Trinajstić information content (AvgIpc) is 2.91. The van der Waals surface area contributed by atoms with Gasteiger partial charge in [0.05, 0.1) is 26.0 Å². The fourth-order valence-electron chi connectivity index (χ4n) is 1.61. The van der Waals surface area contributed by atoms with E-state index in [0.717, 1.165) is 0 Å². The molecule has 0 atom stereocenters. The molecule has 1 heterocycles. The third kappa shape index (κ3) is 2.13. The number of methoxy groups -OCH3 is 2. The molecule has 2 rings (SSSR count). The molecule has 0 aliphatic heterocycles. The Morgan fingerprint density at radius 1 is 1.22 bits per heavy atom. The Morgan fingerprint density at radius 2 is 2.00 bits per heavy atom. The number of halogens is 1. The molecule has 0 fully saturated rings. The Bertz CT molecular complexity index is 561. The van der Waals surface area contributed by atoms with Crippen LogP contribution in [0.1, 0.15) is 16.1 Å². The standard InChI is InChI=1S/C13H11BrO4/c1-16-9-6-5-8(13(17-2)11(9)14)12(15)10-4-3-7-18-10/h3-7H,1-2H3. The zero-order chi connectivity index (χ0) is 13.1. The predicted molar refractivity (Wildman–Crippen MR) is 69.4 cm³/mol. The van der Waals surface area contributed by atoms with Crippen molar-refractivity contribution in [3.8, 4) is 11.5 Å². The first-order valence-corrected chi connectivity index (χ1v) is 5.97. The van der Waals surface area contributed by atoms with Crippen molar-refractivity contribution >= 4 is 21.7 Å². The van der Waals surface area contributed by atoms with Crippen molar-refractivity contribution < 1.29 is 18.7 Å². The van der Waals surface area contributed by atoms with Gasteiger partial charge in [-0.15, -0.1) is 0 Å². The number of furan rings is 1. The second kappa shape index (κ2) is 5.27. The third-order valence-corrected chi connectivity index (χ3v) is 3.23. The molecule has 1 aromatic carbocycles. The van der Waals surface area contributed by atoms with Crippen molar-refractivity contribution in [1.29, 1.82) is 0 Å². The zero-order valence-corrected chi connectivity index (χ0v) is 11.5. The normalized spacial score (nSPS) is 10.2. The molecule has 0 N–H and O–H groups in total. The van der Waals surface area contributed by atoms with E-state index in [1.807, 2.05) is 0 Å². The van der Waals surface area contributed by atoms with Crippen LogP contribution in [0.2, 0.25) is 0 Å². The summed E-state index contributed by atoms with van der Waals surface area (Å²) < 4.78 is 16.1. The maximum atomic E-state index is 12.2. The van der Waals surface area contributed by atoms with E-state index in [1.54, 1.807) is 31.4 Å². The highest BCUT2D eigenvalue weighted by atomic mass is 79.9. The number of ether oxygens (including phenoxy) is 2. The first-order chi connectivity index (χ1) is 8.69. The van der Waals surface area contributed by atoms with Gasteiger partial charge in [-0.2, -0.15) is 0 Å². The molecule has 0 aliphatic rings. The number of hydrogen-bond acceptors (Lipinski definition) is 4. The number of rotatable bonds is 4. The minimum atomic E-state index is -0.236. The summed E-state index contributed by atoms with van der Waals surface area (Å²) in [5, 5.41) is 0. The molecule has 2 aromatic rings. The van der Waals surface area contributed by atoms with Crippen molar-refractivity contribution in [1.82, 2.24) is 0 Å². The van der Waals surface area contributed by atoms with Gasteiger partial charge in [-0.25, -0.2) is 0 Å². The summed E-state index contributed by atoms with van der Waals surface area (Å²) in [5.74, 6) is 1.06. The molecular weight excluding hydrogens is 300 g/mol. The van der Waals surface area contributed by atoms with E-state index in [0.29, 0.717) is 21.5 Å². The number of ketones is 1. The lowest BCUT2D eigenvalue weighted by Crippen LogP contribution is -2.04. The molecule has 5 heteroatoms.